The number of nitrogens with zero attached hydrogens (tertiary/aromatic N) is 2. The van der Waals surface area contributed by atoms with E-state index in [1.54, 1.807) is 4.90 Å². The smallest absolute Gasteiger partial charge is 0.236 e. The maximum atomic E-state index is 13.5. The van der Waals surface area contributed by atoms with Gasteiger partial charge in [-0.25, -0.2) is 4.98 Å². The van der Waals surface area contributed by atoms with Crippen molar-refractivity contribution < 1.29 is 9.18 Å². The second-order valence-corrected chi connectivity index (χ2v) is 4.24. The molecule has 0 radical (unpaired) electrons. The van der Waals surface area contributed by atoms with Gasteiger partial charge in [0.25, 0.3) is 0 Å². The highest BCUT2D eigenvalue weighted by molar-refractivity contribution is 6.30. The molecule has 2 rings (SSSR count). The Hall–Kier alpha value is -1.62. The third kappa shape index (κ3) is 2.39. The van der Waals surface area contributed by atoms with Gasteiger partial charge in [-0.05, 0) is 6.07 Å². The van der Waals surface area contributed by atoms with Gasteiger partial charge in [-0.3, -0.25) is 4.79 Å². The summed E-state index contributed by atoms with van der Waals surface area (Å²) < 4.78 is 13.5. The van der Waals surface area contributed by atoms with Crippen LogP contribution in [0.5, 0.6) is 0 Å². The molecule has 0 amide bonds. The molecule has 90 valence electrons. The van der Waals surface area contributed by atoms with Gasteiger partial charge in [0, 0.05) is 37.0 Å². The summed E-state index contributed by atoms with van der Waals surface area (Å²) in [5, 5.41) is 0.358. The van der Waals surface area contributed by atoms with E-state index in [2.05, 4.69) is 4.98 Å². The summed E-state index contributed by atoms with van der Waals surface area (Å²) in [6, 6.07) is 1.49. The van der Waals surface area contributed by atoms with Crippen molar-refractivity contribution in [3.05, 3.63) is 34.5 Å². The molecule has 2 heterocycles. The lowest BCUT2D eigenvalue weighted by Gasteiger charge is -2.29. The first-order valence-electron chi connectivity index (χ1n) is 5.10. The van der Waals surface area contributed by atoms with E-state index in [-0.39, 0.29) is 6.54 Å². The number of carbonyl (C=O) groups excluding carboxylic acids is 1. The van der Waals surface area contributed by atoms with Crippen LogP contribution in [-0.4, -0.2) is 24.4 Å². The number of hydrogen-bond acceptors (Lipinski definition) is 4. The molecule has 0 unspecified atom stereocenters. The van der Waals surface area contributed by atoms with E-state index >= 15 is 0 Å². The molecule has 1 aliphatic heterocycles. The molecule has 0 saturated heterocycles. The van der Waals surface area contributed by atoms with Crippen molar-refractivity contribution in [3.63, 3.8) is 0 Å². The lowest BCUT2D eigenvalue weighted by Crippen LogP contribution is -2.34. The van der Waals surface area contributed by atoms with Crippen LogP contribution >= 0.6 is 11.6 Å². The highest BCUT2D eigenvalue weighted by atomic mass is 35.5. The van der Waals surface area contributed by atoms with E-state index in [4.69, 9.17) is 17.3 Å². The van der Waals surface area contributed by atoms with Crippen LogP contribution in [0.4, 0.5) is 10.1 Å². The van der Waals surface area contributed by atoms with Crippen molar-refractivity contribution in [3.8, 4) is 0 Å². The molecular formula is C11H11ClFN3O. The van der Waals surface area contributed by atoms with Crippen LogP contribution in [0.1, 0.15) is 6.42 Å². The van der Waals surface area contributed by atoms with E-state index in [1.807, 2.05) is 0 Å². The summed E-state index contributed by atoms with van der Waals surface area (Å²) in [4.78, 5) is 16.0. The maximum Gasteiger partial charge on any atom is 0.236 e. The molecule has 0 saturated carbocycles. The number of rotatable bonds is 2. The SMILES string of the molecule is NC1=C(C=O)CN(c2cc(Cl)cnc2F)CC1. The molecule has 6 heteroatoms. The molecule has 0 atom stereocenters. The molecule has 0 aromatic carbocycles. The molecule has 0 spiro atoms. The molecule has 0 bridgehead atoms. The summed E-state index contributed by atoms with van der Waals surface area (Å²) in [7, 11) is 0. The Bertz CT molecular complexity index is 490. The van der Waals surface area contributed by atoms with Gasteiger partial charge in [0.1, 0.15) is 6.29 Å². The second-order valence-electron chi connectivity index (χ2n) is 3.80. The Morgan fingerprint density at radius 1 is 1.59 bits per heavy atom. The minimum atomic E-state index is -0.597. The minimum Gasteiger partial charge on any atom is -0.402 e. The summed E-state index contributed by atoms with van der Waals surface area (Å²) in [6.07, 6.45) is 2.48. The van der Waals surface area contributed by atoms with Crippen molar-refractivity contribution in [1.29, 1.82) is 0 Å². The van der Waals surface area contributed by atoms with Crippen molar-refractivity contribution >= 4 is 23.6 Å². The van der Waals surface area contributed by atoms with Crippen LogP contribution in [0.25, 0.3) is 0 Å². The highest BCUT2D eigenvalue weighted by Crippen LogP contribution is 2.25. The highest BCUT2D eigenvalue weighted by Gasteiger charge is 2.20. The van der Waals surface area contributed by atoms with Gasteiger partial charge in [-0.15, -0.1) is 0 Å². The fraction of sp³-hybridized carbons (Fsp3) is 0.273. The number of aromatic nitrogens is 1. The molecule has 1 aliphatic rings. The average Bonchev–Trinajstić information content (AvgIpc) is 2.33. The molecule has 0 aliphatic carbocycles. The summed E-state index contributed by atoms with van der Waals surface area (Å²) in [6.45, 7) is 0.830. The molecule has 2 N–H and O–H groups in total. The number of aldehydes is 1. The van der Waals surface area contributed by atoms with Gasteiger partial charge < -0.3 is 10.6 Å². The molecule has 1 aromatic rings. The van der Waals surface area contributed by atoms with Crippen LogP contribution in [0, 0.1) is 5.95 Å². The normalized spacial score (nSPS) is 16.2. The van der Waals surface area contributed by atoms with Gasteiger partial charge in [0.05, 0.1) is 10.7 Å². The number of carbonyl (C=O) groups is 1. The fourth-order valence-electron chi connectivity index (χ4n) is 1.75. The Balaban J connectivity index is 2.31. The monoisotopic (exact) mass is 255 g/mol. The van der Waals surface area contributed by atoms with Gasteiger partial charge >= 0.3 is 0 Å². The second kappa shape index (κ2) is 4.71. The maximum absolute atomic E-state index is 13.5. The summed E-state index contributed by atoms with van der Waals surface area (Å²) >= 11 is 5.77. The Kier molecular flexibility index (Phi) is 3.28. The Morgan fingerprint density at radius 3 is 3.06 bits per heavy atom. The molecular weight excluding hydrogens is 245 g/mol. The first-order valence-corrected chi connectivity index (χ1v) is 5.48. The van der Waals surface area contributed by atoms with E-state index in [9.17, 15) is 9.18 Å². The van der Waals surface area contributed by atoms with Crippen molar-refractivity contribution in [1.82, 2.24) is 4.98 Å². The van der Waals surface area contributed by atoms with Crippen molar-refractivity contribution in [2.75, 3.05) is 18.0 Å². The zero-order chi connectivity index (χ0) is 12.4. The number of hydrogen-bond donors (Lipinski definition) is 1. The number of anilines is 1. The zero-order valence-electron chi connectivity index (χ0n) is 8.99. The van der Waals surface area contributed by atoms with Crippen LogP contribution in [0.2, 0.25) is 5.02 Å². The van der Waals surface area contributed by atoms with E-state index in [1.165, 1.54) is 12.3 Å². The molecule has 4 nitrogen and oxygen atoms in total. The van der Waals surface area contributed by atoms with Crippen LogP contribution in [-0.2, 0) is 4.79 Å². The van der Waals surface area contributed by atoms with Crippen LogP contribution in [0.15, 0.2) is 23.5 Å². The first-order chi connectivity index (χ1) is 8.11. The Labute approximate surface area is 103 Å². The predicted octanol–water partition coefficient (Wildman–Crippen LogP) is 1.50. The number of pyridine rings is 1. The molecule has 0 fully saturated rings. The quantitative estimate of drug-likeness (QED) is 0.643. The van der Waals surface area contributed by atoms with Gasteiger partial charge in [-0.1, -0.05) is 11.6 Å². The van der Waals surface area contributed by atoms with Gasteiger partial charge in [-0.2, -0.15) is 4.39 Å². The van der Waals surface area contributed by atoms with Gasteiger partial charge in [0.2, 0.25) is 5.95 Å². The minimum absolute atomic E-state index is 0.286. The van der Waals surface area contributed by atoms with Crippen LogP contribution < -0.4 is 10.6 Å². The third-order valence-electron chi connectivity index (χ3n) is 2.69. The first kappa shape index (κ1) is 11.9. The zero-order valence-corrected chi connectivity index (χ0v) is 9.75. The van der Waals surface area contributed by atoms with Crippen LogP contribution in [0.3, 0.4) is 0 Å². The standard InChI is InChI=1S/C11H11ClFN3O/c12-8-3-10(11(13)15-4-8)16-2-1-9(14)7(5-16)6-17/h3-4,6H,1-2,5,14H2. The van der Waals surface area contributed by atoms with E-state index < -0.39 is 5.95 Å². The lowest BCUT2D eigenvalue weighted by atomic mass is 10.1. The summed E-state index contributed by atoms with van der Waals surface area (Å²) in [5.41, 5.74) is 7.02. The molecule has 1 aromatic heterocycles. The predicted molar refractivity (Wildman–Crippen MR) is 63.3 cm³/mol. The van der Waals surface area contributed by atoms with Crippen molar-refractivity contribution in [2.24, 2.45) is 5.73 Å². The average molecular weight is 256 g/mol. The number of halogens is 2. The van der Waals surface area contributed by atoms with Crippen molar-refractivity contribution in [2.45, 2.75) is 6.42 Å². The number of nitrogens with two attached hydrogens (primary N) is 1. The topological polar surface area (TPSA) is 59.2 Å². The third-order valence-corrected chi connectivity index (χ3v) is 2.90. The largest absolute Gasteiger partial charge is 0.402 e. The van der Waals surface area contributed by atoms with Gasteiger partial charge in [0.15, 0.2) is 0 Å². The lowest BCUT2D eigenvalue weighted by molar-refractivity contribution is -0.105. The van der Waals surface area contributed by atoms with E-state index in [0.717, 1.165) is 0 Å². The fourth-order valence-corrected chi connectivity index (χ4v) is 1.91. The molecule has 17 heavy (non-hydrogen) atoms. The Morgan fingerprint density at radius 2 is 2.35 bits per heavy atom. The summed E-state index contributed by atoms with van der Waals surface area (Å²) in [5.74, 6) is -0.597. The van der Waals surface area contributed by atoms with E-state index in [0.29, 0.717) is 41.2 Å².